The Morgan fingerprint density at radius 2 is 1.80 bits per heavy atom. The molecule has 130 valence electrons. The fourth-order valence-electron chi connectivity index (χ4n) is 3.22. The minimum atomic E-state index is 0.0252. The van der Waals surface area contributed by atoms with Crippen molar-refractivity contribution < 1.29 is 4.79 Å². The Balaban J connectivity index is 1.70. The van der Waals surface area contributed by atoms with E-state index in [1.807, 2.05) is 6.07 Å². The van der Waals surface area contributed by atoms with Crippen molar-refractivity contribution in [2.45, 2.75) is 32.7 Å². The summed E-state index contributed by atoms with van der Waals surface area (Å²) in [6.07, 6.45) is 5.24. The van der Waals surface area contributed by atoms with E-state index in [4.69, 9.17) is 0 Å². The third kappa shape index (κ3) is 4.51. The van der Waals surface area contributed by atoms with E-state index < -0.39 is 0 Å². The fraction of sp³-hybridized carbons (Fsp3) is 0.286. The minimum Gasteiger partial charge on any atom is -0.356 e. The lowest BCUT2D eigenvalue weighted by molar-refractivity contribution is -0.118. The van der Waals surface area contributed by atoms with Crippen molar-refractivity contribution in [3.8, 4) is 0 Å². The lowest BCUT2D eigenvalue weighted by Crippen LogP contribution is -2.22. The van der Waals surface area contributed by atoms with Crippen LogP contribution in [0.15, 0.2) is 59.2 Å². The van der Waals surface area contributed by atoms with Gasteiger partial charge in [-0.05, 0) is 42.5 Å². The number of benzene rings is 2. The zero-order chi connectivity index (χ0) is 17.6. The first kappa shape index (κ1) is 17.7. The minimum absolute atomic E-state index is 0.0252. The molecule has 0 aliphatic rings. The summed E-state index contributed by atoms with van der Waals surface area (Å²) in [5.41, 5.74) is 3.92. The lowest BCUT2D eigenvalue weighted by Gasteiger charge is -2.07. The van der Waals surface area contributed by atoms with Gasteiger partial charge in [0, 0.05) is 41.6 Å². The normalized spacial score (nSPS) is 11.0. The molecule has 3 aromatic rings. The monoisotopic (exact) mass is 398 g/mol. The number of hydrogen-bond donors (Lipinski definition) is 1. The molecule has 4 heteroatoms. The van der Waals surface area contributed by atoms with E-state index in [1.54, 1.807) is 6.92 Å². The van der Waals surface area contributed by atoms with Gasteiger partial charge in [0.2, 0.25) is 5.91 Å². The molecule has 0 saturated heterocycles. The number of rotatable bonds is 7. The maximum Gasteiger partial charge on any atom is 0.216 e. The maximum absolute atomic E-state index is 11.1. The standard InChI is InChI=1S/C21H23BrN2O/c1-16(25)23-13-12-18-15-24(21-11-5-3-9-19(18)21)14-6-8-17-7-2-4-10-20(17)22/h2-5,7,9-11,15H,6,8,12-14H2,1H3,(H,23,25). The van der Waals surface area contributed by atoms with Gasteiger partial charge in [0.1, 0.15) is 0 Å². The highest BCUT2D eigenvalue weighted by Gasteiger charge is 2.08. The van der Waals surface area contributed by atoms with E-state index in [-0.39, 0.29) is 5.91 Å². The van der Waals surface area contributed by atoms with Gasteiger partial charge in [-0.1, -0.05) is 52.3 Å². The number of amides is 1. The van der Waals surface area contributed by atoms with Crippen molar-refractivity contribution in [1.82, 2.24) is 9.88 Å². The topological polar surface area (TPSA) is 34.0 Å². The van der Waals surface area contributed by atoms with E-state index in [2.05, 4.69) is 74.5 Å². The van der Waals surface area contributed by atoms with Crippen molar-refractivity contribution in [1.29, 1.82) is 0 Å². The Bertz CT molecular complexity index is 869. The molecule has 0 aliphatic heterocycles. The quantitative estimate of drug-likeness (QED) is 0.613. The van der Waals surface area contributed by atoms with Crippen LogP contribution in [-0.4, -0.2) is 17.0 Å². The summed E-state index contributed by atoms with van der Waals surface area (Å²) in [6, 6.07) is 16.9. The lowest BCUT2D eigenvalue weighted by atomic mass is 10.1. The number of aromatic nitrogens is 1. The van der Waals surface area contributed by atoms with Gasteiger partial charge in [-0.2, -0.15) is 0 Å². The first-order chi connectivity index (χ1) is 12.1. The fourth-order valence-corrected chi connectivity index (χ4v) is 3.70. The zero-order valence-electron chi connectivity index (χ0n) is 14.5. The number of halogens is 1. The Hall–Kier alpha value is -2.07. The second-order valence-electron chi connectivity index (χ2n) is 6.29. The third-order valence-corrected chi connectivity index (χ3v) is 5.22. The van der Waals surface area contributed by atoms with Gasteiger partial charge < -0.3 is 9.88 Å². The molecular formula is C21H23BrN2O. The molecule has 1 heterocycles. The number of para-hydroxylation sites is 1. The van der Waals surface area contributed by atoms with E-state index in [9.17, 15) is 4.79 Å². The summed E-state index contributed by atoms with van der Waals surface area (Å²) < 4.78 is 3.53. The number of carbonyl (C=O) groups excluding carboxylic acids is 1. The molecule has 3 nitrogen and oxygen atoms in total. The summed E-state index contributed by atoms with van der Waals surface area (Å²) in [6.45, 7) is 3.23. The van der Waals surface area contributed by atoms with Crippen molar-refractivity contribution in [2.75, 3.05) is 6.54 Å². The van der Waals surface area contributed by atoms with E-state index in [1.165, 1.54) is 26.5 Å². The molecule has 3 rings (SSSR count). The Kier molecular flexibility index (Phi) is 5.92. The van der Waals surface area contributed by atoms with E-state index >= 15 is 0 Å². The van der Waals surface area contributed by atoms with Gasteiger partial charge in [-0.25, -0.2) is 0 Å². The second kappa shape index (κ2) is 8.34. The highest BCUT2D eigenvalue weighted by Crippen LogP contribution is 2.23. The molecule has 2 aromatic carbocycles. The highest BCUT2D eigenvalue weighted by atomic mass is 79.9. The van der Waals surface area contributed by atoms with Crippen LogP contribution in [0.5, 0.6) is 0 Å². The molecule has 25 heavy (non-hydrogen) atoms. The molecule has 1 N–H and O–H groups in total. The van der Waals surface area contributed by atoms with Gasteiger partial charge in [-0.3, -0.25) is 4.79 Å². The molecule has 0 aliphatic carbocycles. The van der Waals surface area contributed by atoms with E-state index in [0.29, 0.717) is 6.54 Å². The molecular weight excluding hydrogens is 376 g/mol. The number of fused-ring (bicyclic) bond motifs is 1. The predicted octanol–water partition coefficient (Wildman–Crippen LogP) is 4.72. The largest absolute Gasteiger partial charge is 0.356 e. The zero-order valence-corrected chi connectivity index (χ0v) is 16.1. The van der Waals surface area contributed by atoms with Crippen LogP contribution in [0.3, 0.4) is 0 Å². The maximum atomic E-state index is 11.1. The van der Waals surface area contributed by atoms with Crippen LogP contribution >= 0.6 is 15.9 Å². The van der Waals surface area contributed by atoms with Gasteiger partial charge in [0.25, 0.3) is 0 Å². The van der Waals surface area contributed by atoms with Crippen LogP contribution in [0.25, 0.3) is 10.9 Å². The summed E-state index contributed by atoms with van der Waals surface area (Å²) in [5.74, 6) is 0.0252. The van der Waals surface area contributed by atoms with Crippen molar-refractivity contribution >= 4 is 32.7 Å². The van der Waals surface area contributed by atoms with Crippen LogP contribution in [0, 0.1) is 0 Å². The number of aryl methyl sites for hydroxylation is 2. The van der Waals surface area contributed by atoms with Gasteiger partial charge in [0.15, 0.2) is 0 Å². The number of carbonyl (C=O) groups is 1. The van der Waals surface area contributed by atoms with Crippen molar-refractivity contribution in [2.24, 2.45) is 0 Å². The third-order valence-electron chi connectivity index (χ3n) is 4.44. The van der Waals surface area contributed by atoms with Gasteiger partial charge in [0.05, 0.1) is 0 Å². The molecule has 0 fully saturated rings. The number of hydrogen-bond acceptors (Lipinski definition) is 1. The van der Waals surface area contributed by atoms with Crippen LogP contribution in [-0.2, 0) is 24.2 Å². The molecule has 0 spiro atoms. The molecule has 0 radical (unpaired) electrons. The average Bonchev–Trinajstić information content (AvgIpc) is 2.95. The number of nitrogens with zero attached hydrogens (tertiary/aromatic N) is 1. The first-order valence-corrected chi connectivity index (χ1v) is 9.49. The Morgan fingerprint density at radius 3 is 2.60 bits per heavy atom. The molecule has 0 saturated carbocycles. The molecule has 0 atom stereocenters. The SMILES string of the molecule is CC(=O)NCCc1cn(CCCc2ccccc2Br)c2ccccc12. The van der Waals surface area contributed by atoms with E-state index in [0.717, 1.165) is 25.8 Å². The van der Waals surface area contributed by atoms with Gasteiger partial charge in [-0.15, -0.1) is 0 Å². The Morgan fingerprint density at radius 1 is 1.04 bits per heavy atom. The summed E-state index contributed by atoms with van der Waals surface area (Å²) in [5, 5.41) is 4.17. The van der Waals surface area contributed by atoms with Crippen LogP contribution in [0.1, 0.15) is 24.5 Å². The smallest absolute Gasteiger partial charge is 0.216 e. The summed E-state index contributed by atoms with van der Waals surface area (Å²) >= 11 is 3.63. The highest BCUT2D eigenvalue weighted by molar-refractivity contribution is 9.10. The van der Waals surface area contributed by atoms with Crippen molar-refractivity contribution in [3.05, 3.63) is 70.3 Å². The average molecular weight is 399 g/mol. The summed E-state index contributed by atoms with van der Waals surface area (Å²) in [7, 11) is 0. The Labute approximate surface area is 157 Å². The van der Waals surface area contributed by atoms with Crippen LogP contribution in [0.4, 0.5) is 0 Å². The van der Waals surface area contributed by atoms with Crippen molar-refractivity contribution in [3.63, 3.8) is 0 Å². The second-order valence-corrected chi connectivity index (χ2v) is 7.15. The predicted molar refractivity (Wildman–Crippen MR) is 107 cm³/mol. The van der Waals surface area contributed by atoms with Gasteiger partial charge >= 0.3 is 0 Å². The first-order valence-electron chi connectivity index (χ1n) is 8.70. The van der Waals surface area contributed by atoms with Crippen LogP contribution < -0.4 is 5.32 Å². The molecule has 1 aromatic heterocycles. The number of nitrogens with one attached hydrogen (secondary N) is 1. The molecule has 0 unspecified atom stereocenters. The molecule has 0 bridgehead atoms. The summed E-state index contributed by atoms with van der Waals surface area (Å²) in [4.78, 5) is 11.1. The molecule has 1 amide bonds. The van der Waals surface area contributed by atoms with Crippen LogP contribution in [0.2, 0.25) is 0 Å².